The van der Waals surface area contributed by atoms with E-state index in [1.807, 2.05) is 44.2 Å². The first kappa shape index (κ1) is 14.8. The van der Waals surface area contributed by atoms with Crippen LogP contribution in [-0.2, 0) is 20.2 Å². The molecule has 108 valence electrons. The van der Waals surface area contributed by atoms with Gasteiger partial charge in [-0.3, -0.25) is 4.79 Å². The summed E-state index contributed by atoms with van der Waals surface area (Å²) < 4.78 is 22.6. The smallest absolute Gasteiger partial charge is 0.221 e. The topological polar surface area (TPSA) is 63.2 Å². The third-order valence-corrected chi connectivity index (χ3v) is 4.86. The zero-order chi connectivity index (χ0) is 14.8. The summed E-state index contributed by atoms with van der Waals surface area (Å²) in [5, 5.41) is 4.16. The van der Waals surface area contributed by atoms with E-state index in [9.17, 15) is 13.2 Å². The Labute approximate surface area is 119 Å². The van der Waals surface area contributed by atoms with Crippen LogP contribution in [0.1, 0.15) is 25.8 Å². The van der Waals surface area contributed by atoms with Gasteiger partial charge in [0, 0.05) is 17.7 Å². The van der Waals surface area contributed by atoms with E-state index in [0.717, 1.165) is 5.56 Å². The van der Waals surface area contributed by atoms with Gasteiger partial charge in [0.25, 0.3) is 0 Å². The molecule has 1 aliphatic rings. The lowest BCUT2D eigenvalue weighted by atomic mass is 9.93. The molecule has 0 bridgehead atoms. The van der Waals surface area contributed by atoms with Gasteiger partial charge in [0.1, 0.15) is 0 Å². The van der Waals surface area contributed by atoms with Crippen molar-refractivity contribution < 1.29 is 13.2 Å². The van der Waals surface area contributed by atoms with Gasteiger partial charge < -0.3 is 5.32 Å². The molecular formula is C15H19NO3S. The summed E-state index contributed by atoms with van der Waals surface area (Å²) in [5.41, 5.74) is 0.544. The van der Waals surface area contributed by atoms with Crippen LogP contribution >= 0.6 is 0 Å². The van der Waals surface area contributed by atoms with Crippen molar-refractivity contribution >= 4 is 15.7 Å². The number of allylic oxidation sites excluding steroid dienone is 1. The summed E-state index contributed by atoms with van der Waals surface area (Å²) in [6.07, 6.45) is 1.80. The monoisotopic (exact) mass is 293 g/mol. The third kappa shape index (κ3) is 3.70. The first-order valence-corrected chi connectivity index (χ1v) is 8.27. The molecule has 1 aliphatic heterocycles. The number of hydrogen-bond acceptors (Lipinski definition) is 3. The fourth-order valence-corrected chi connectivity index (χ4v) is 3.73. The average Bonchev–Trinajstić information content (AvgIpc) is 2.69. The highest BCUT2D eigenvalue weighted by Crippen LogP contribution is 2.22. The summed E-state index contributed by atoms with van der Waals surface area (Å²) in [6.45, 7) is 3.86. The van der Waals surface area contributed by atoms with E-state index < -0.39 is 15.4 Å². The van der Waals surface area contributed by atoms with Gasteiger partial charge in [0.05, 0.1) is 11.3 Å². The Morgan fingerprint density at radius 3 is 2.50 bits per heavy atom. The van der Waals surface area contributed by atoms with Gasteiger partial charge in [0.2, 0.25) is 5.91 Å². The minimum absolute atomic E-state index is 0.0339. The van der Waals surface area contributed by atoms with Crippen LogP contribution in [0.5, 0.6) is 0 Å². The minimum atomic E-state index is -3.10. The molecule has 20 heavy (non-hydrogen) atoms. The molecule has 1 N–H and O–H groups in total. The van der Waals surface area contributed by atoms with Gasteiger partial charge in [-0.25, -0.2) is 8.42 Å². The second-order valence-corrected chi connectivity index (χ2v) is 7.59. The number of benzene rings is 1. The standard InChI is InChI=1S/C15H19NO3S/c1-15(2,13-6-4-3-5-7-13)16-14(17)10-12-8-9-20(18,19)11-12/h3-9,12H,10-11H2,1-2H3,(H,16,17). The van der Waals surface area contributed by atoms with Gasteiger partial charge in [-0.1, -0.05) is 36.4 Å². The van der Waals surface area contributed by atoms with E-state index in [2.05, 4.69) is 5.32 Å². The molecule has 2 rings (SSSR count). The van der Waals surface area contributed by atoms with E-state index in [1.54, 1.807) is 6.08 Å². The SMILES string of the molecule is CC(C)(NC(=O)CC1C=CS(=O)(=O)C1)c1ccccc1. The van der Waals surface area contributed by atoms with Crippen molar-refractivity contribution in [1.82, 2.24) is 5.32 Å². The number of amides is 1. The highest BCUT2D eigenvalue weighted by atomic mass is 32.2. The minimum Gasteiger partial charge on any atom is -0.347 e. The molecule has 1 atom stereocenters. The Morgan fingerprint density at radius 2 is 1.95 bits per heavy atom. The van der Waals surface area contributed by atoms with Crippen molar-refractivity contribution in [3.63, 3.8) is 0 Å². The molecule has 1 aromatic carbocycles. The first-order chi connectivity index (χ1) is 9.28. The Kier molecular flexibility index (Phi) is 3.99. The van der Waals surface area contributed by atoms with Crippen LogP contribution < -0.4 is 5.32 Å². The number of carbonyl (C=O) groups excluding carboxylic acids is 1. The molecule has 0 fully saturated rings. The number of nitrogens with one attached hydrogen (secondary N) is 1. The Hall–Kier alpha value is -1.62. The molecule has 0 saturated carbocycles. The van der Waals surface area contributed by atoms with Gasteiger partial charge in [-0.05, 0) is 19.4 Å². The molecule has 0 spiro atoms. The number of carbonyl (C=O) groups is 1. The van der Waals surface area contributed by atoms with Crippen LogP contribution in [-0.4, -0.2) is 20.1 Å². The molecule has 0 aromatic heterocycles. The lowest BCUT2D eigenvalue weighted by Crippen LogP contribution is -2.41. The van der Waals surface area contributed by atoms with Gasteiger partial charge in [0.15, 0.2) is 9.84 Å². The van der Waals surface area contributed by atoms with E-state index >= 15 is 0 Å². The quantitative estimate of drug-likeness (QED) is 0.923. The third-order valence-electron chi connectivity index (χ3n) is 3.40. The van der Waals surface area contributed by atoms with Gasteiger partial charge in [-0.15, -0.1) is 0 Å². The summed E-state index contributed by atoms with van der Waals surface area (Å²) in [7, 11) is -3.10. The zero-order valence-electron chi connectivity index (χ0n) is 11.7. The van der Waals surface area contributed by atoms with Crippen molar-refractivity contribution in [3.05, 3.63) is 47.4 Å². The molecule has 0 saturated heterocycles. The number of sulfone groups is 1. The molecule has 1 unspecified atom stereocenters. The highest BCUT2D eigenvalue weighted by molar-refractivity contribution is 7.94. The largest absolute Gasteiger partial charge is 0.347 e. The maximum atomic E-state index is 12.1. The molecular weight excluding hydrogens is 274 g/mol. The summed E-state index contributed by atoms with van der Waals surface area (Å²) >= 11 is 0. The van der Waals surface area contributed by atoms with Crippen LogP contribution in [0, 0.1) is 5.92 Å². The molecule has 0 aliphatic carbocycles. The predicted molar refractivity (Wildman–Crippen MR) is 78.6 cm³/mol. The predicted octanol–water partition coefficient (Wildman–Crippen LogP) is 1.99. The van der Waals surface area contributed by atoms with E-state index in [1.165, 1.54) is 5.41 Å². The molecule has 0 radical (unpaired) electrons. The summed E-state index contributed by atoms with van der Waals surface area (Å²) in [5.74, 6) is -0.316. The van der Waals surface area contributed by atoms with Gasteiger partial charge in [-0.2, -0.15) is 0 Å². The van der Waals surface area contributed by atoms with E-state index in [0.29, 0.717) is 0 Å². The van der Waals surface area contributed by atoms with Crippen molar-refractivity contribution in [2.75, 3.05) is 5.75 Å². The van der Waals surface area contributed by atoms with Crippen LogP contribution in [0.25, 0.3) is 0 Å². The maximum Gasteiger partial charge on any atom is 0.221 e. The molecule has 1 heterocycles. The molecule has 5 heteroatoms. The maximum absolute atomic E-state index is 12.1. The van der Waals surface area contributed by atoms with E-state index in [-0.39, 0.29) is 24.0 Å². The molecule has 1 aromatic rings. The Morgan fingerprint density at radius 1 is 1.30 bits per heavy atom. The van der Waals surface area contributed by atoms with Crippen molar-refractivity contribution in [3.8, 4) is 0 Å². The Bertz CT molecular complexity index is 618. The van der Waals surface area contributed by atoms with Crippen LogP contribution in [0.4, 0.5) is 0 Å². The fraction of sp³-hybridized carbons (Fsp3) is 0.400. The normalized spacial score (nSPS) is 20.8. The highest BCUT2D eigenvalue weighted by Gasteiger charge is 2.27. The van der Waals surface area contributed by atoms with Crippen molar-refractivity contribution in [2.45, 2.75) is 25.8 Å². The Balaban J connectivity index is 1.97. The van der Waals surface area contributed by atoms with Crippen molar-refractivity contribution in [1.29, 1.82) is 0 Å². The van der Waals surface area contributed by atoms with Crippen molar-refractivity contribution in [2.24, 2.45) is 5.92 Å². The first-order valence-electron chi connectivity index (χ1n) is 6.56. The number of hydrogen-bond donors (Lipinski definition) is 1. The van der Waals surface area contributed by atoms with Crippen LogP contribution in [0.2, 0.25) is 0 Å². The lowest BCUT2D eigenvalue weighted by Gasteiger charge is -2.27. The van der Waals surface area contributed by atoms with Crippen LogP contribution in [0.15, 0.2) is 41.8 Å². The summed E-state index contributed by atoms with van der Waals surface area (Å²) in [4.78, 5) is 12.1. The van der Waals surface area contributed by atoms with Crippen LogP contribution in [0.3, 0.4) is 0 Å². The number of rotatable bonds is 4. The average molecular weight is 293 g/mol. The van der Waals surface area contributed by atoms with Gasteiger partial charge >= 0.3 is 0 Å². The fourth-order valence-electron chi connectivity index (χ4n) is 2.33. The summed E-state index contributed by atoms with van der Waals surface area (Å²) in [6, 6.07) is 9.70. The molecule has 4 nitrogen and oxygen atoms in total. The second kappa shape index (κ2) is 5.40. The zero-order valence-corrected chi connectivity index (χ0v) is 12.5. The lowest BCUT2D eigenvalue weighted by molar-refractivity contribution is -0.123. The molecule has 1 amide bonds. The van der Waals surface area contributed by atoms with E-state index in [4.69, 9.17) is 0 Å². The second-order valence-electron chi connectivity index (χ2n) is 5.66.